The lowest BCUT2D eigenvalue weighted by atomic mass is 10.0. The molecule has 2 aromatic carbocycles. The summed E-state index contributed by atoms with van der Waals surface area (Å²) in [4.78, 5) is 0. The van der Waals surface area contributed by atoms with Crippen molar-refractivity contribution in [3.05, 3.63) is 56.5 Å². The van der Waals surface area contributed by atoms with Crippen molar-refractivity contribution in [3.63, 3.8) is 0 Å². The van der Waals surface area contributed by atoms with Crippen molar-refractivity contribution in [2.24, 2.45) is 0 Å². The molecule has 0 radical (unpaired) electrons. The number of aliphatic hydroxyl groups is 1. The fourth-order valence-electron chi connectivity index (χ4n) is 2.10. The Bertz CT molecular complexity index is 637. The molecule has 4 heteroatoms. The molecule has 0 aromatic heterocycles. The molecule has 0 aliphatic rings. The third-order valence-corrected chi connectivity index (χ3v) is 4.42. The van der Waals surface area contributed by atoms with Gasteiger partial charge in [0.1, 0.15) is 11.5 Å². The first kappa shape index (κ1) is 16.5. The highest BCUT2D eigenvalue weighted by molar-refractivity contribution is 9.10. The second kappa shape index (κ2) is 6.95. The Hall–Kier alpha value is -0.840. The summed E-state index contributed by atoms with van der Waals surface area (Å²) in [6.45, 7) is 6.02. The van der Waals surface area contributed by atoms with Gasteiger partial charge in [-0.25, -0.2) is 0 Å². The molecule has 0 fully saturated rings. The first-order valence-corrected chi connectivity index (χ1v) is 8.42. The maximum Gasteiger partial charge on any atom is 0.130 e. The third-order valence-electron chi connectivity index (χ3n) is 3.24. The topological polar surface area (TPSA) is 29.5 Å². The van der Waals surface area contributed by atoms with E-state index in [1.165, 1.54) is 0 Å². The van der Waals surface area contributed by atoms with Crippen LogP contribution in [-0.2, 0) is 0 Å². The standard InChI is InChI=1S/C17H18Br2O2/c1-10(2)15-8-12(18)4-7-17(15)21-13-5-6-14(11(3)20)16(19)9-13/h4-11,20H,1-3H3/t11-/m0/s1. The van der Waals surface area contributed by atoms with Crippen molar-refractivity contribution in [2.75, 3.05) is 0 Å². The van der Waals surface area contributed by atoms with E-state index < -0.39 is 6.10 Å². The first-order chi connectivity index (χ1) is 9.88. The Labute approximate surface area is 142 Å². The zero-order valence-corrected chi connectivity index (χ0v) is 15.4. The summed E-state index contributed by atoms with van der Waals surface area (Å²) >= 11 is 6.97. The van der Waals surface area contributed by atoms with Crippen molar-refractivity contribution in [3.8, 4) is 11.5 Å². The van der Waals surface area contributed by atoms with Crippen molar-refractivity contribution < 1.29 is 9.84 Å². The van der Waals surface area contributed by atoms with Crippen LogP contribution < -0.4 is 4.74 Å². The van der Waals surface area contributed by atoms with E-state index in [1.807, 2.05) is 30.3 Å². The lowest BCUT2D eigenvalue weighted by Crippen LogP contribution is -1.96. The van der Waals surface area contributed by atoms with Crippen LogP contribution in [0, 0.1) is 0 Å². The van der Waals surface area contributed by atoms with Crippen molar-refractivity contribution in [1.29, 1.82) is 0 Å². The number of hydrogen-bond donors (Lipinski definition) is 1. The molecule has 0 aliphatic heterocycles. The van der Waals surface area contributed by atoms with Crippen LogP contribution in [0.25, 0.3) is 0 Å². The Balaban J connectivity index is 2.32. The summed E-state index contributed by atoms with van der Waals surface area (Å²) in [5.41, 5.74) is 2.00. The van der Waals surface area contributed by atoms with Gasteiger partial charge in [-0.3, -0.25) is 0 Å². The van der Waals surface area contributed by atoms with Crippen LogP contribution in [0.4, 0.5) is 0 Å². The maximum absolute atomic E-state index is 9.66. The van der Waals surface area contributed by atoms with E-state index in [2.05, 4.69) is 51.8 Å². The average Bonchev–Trinajstić information content (AvgIpc) is 2.40. The number of ether oxygens (including phenoxy) is 1. The number of benzene rings is 2. The van der Waals surface area contributed by atoms with Crippen LogP contribution in [0.2, 0.25) is 0 Å². The van der Waals surface area contributed by atoms with Crippen molar-refractivity contribution in [2.45, 2.75) is 32.8 Å². The second-order valence-electron chi connectivity index (χ2n) is 5.30. The van der Waals surface area contributed by atoms with Gasteiger partial charge in [0.05, 0.1) is 6.10 Å². The summed E-state index contributed by atoms with van der Waals surface area (Å²) in [5, 5.41) is 9.66. The minimum absolute atomic E-state index is 0.373. The average molecular weight is 414 g/mol. The summed E-state index contributed by atoms with van der Waals surface area (Å²) in [6, 6.07) is 11.7. The molecule has 0 unspecified atom stereocenters. The normalized spacial score (nSPS) is 12.5. The van der Waals surface area contributed by atoms with Gasteiger partial charge in [-0.05, 0) is 54.3 Å². The fourth-order valence-corrected chi connectivity index (χ4v) is 3.17. The smallest absolute Gasteiger partial charge is 0.130 e. The molecular weight excluding hydrogens is 396 g/mol. The molecule has 1 atom stereocenters. The first-order valence-electron chi connectivity index (χ1n) is 6.83. The van der Waals surface area contributed by atoms with Gasteiger partial charge in [-0.2, -0.15) is 0 Å². The number of aliphatic hydroxyl groups excluding tert-OH is 1. The molecule has 0 heterocycles. The number of hydrogen-bond acceptors (Lipinski definition) is 2. The maximum atomic E-state index is 9.66. The van der Waals surface area contributed by atoms with Gasteiger partial charge >= 0.3 is 0 Å². The third kappa shape index (κ3) is 4.09. The molecule has 2 aromatic rings. The van der Waals surface area contributed by atoms with Gasteiger partial charge in [-0.1, -0.05) is 51.8 Å². The Morgan fingerprint density at radius 3 is 2.24 bits per heavy atom. The largest absolute Gasteiger partial charge is 0.457 e. The predicted octanol–water partition coefficient (Wildman–Crippen LogP) is 6.18. The summed E-state index contributed by atoms with van der Waals surface area (Å²) in [7, 11) is 0. The van der Waals surface area contributed by atoms with Gasteiger partial charge in [-0.15, -0.1) is 0 Å². The van der Waals surface area contributed by atoms with E-state index in [0.717, 1.165) is 31.6 Å². The highest BCUT2D eigenvalue weighted by atomic mass is 79.9. The Morgan fingerprint density at radius 1 is 0.952 bits per heavy atom. The van der Waals surface area contributed by atoms with Gasteiger partial charge in [0.15, 0.2) is 0 Å². The molecule has 21 heavy (non-hydrogen) atoms. The fraction of sp³-hybridized carbons (Fsp3) is 0.294. The second-order valence-corrected chi connectivity index (χ2v) is 7.07. The number of halogens is 2. The van der Waals surface area contributed by atoms with Crippen LogP contribution in [0.5, 0.6) is 11.5 Å². The molecule has 112 valence electrons. The van der Waals surface area contributed by atoms with Gasteiger partial charge in [0.25, 0.3) is 0 Å². The predicted molar refractivity (Wildman–Crippen MR) is 93.1 cm³/mol. The van der Waals surface area contributed by atoms with E-state index >= 15 is 0 Å². The van der Waals surface area contributed by atoms with Crippen molar-refractivity contribution >= 4 is 31.9 Å². The quantitative estimate of drug-likeness (QED) is 0.648. The summed E-state index contributed by atoms with van der Waals surface area (Å²) in [6.07, 6.45) is -0.507. The molecule has 2 rings (SSSR count). The molecule has 0 aliphatic carbocycles. The minimum atomic E-state index is -0.507. The molecule has 1 N–H and O–H groups in total. The minimum Gasteiger partial charge on any atom is -0.457 e. The van der Waals surface area contributed by atoms with Gasteiger partial charge in [0, 0.05) is 8.95 Å². The van der Waals surface area contributed by atoms with Crippen LogP contribution >= 0.6 is 31.9 Å². The van der Waals surface area contributed by atoms with Crippen LogP contribution in [0.1, 0.15) is 43.9 Å². The van der Waals surface area contributed by atoms with Crippen LogP contribution in [0.3, 0.4) is 0 Å². The van der Waals surface area contributed by atoms with Crippen LogP contribution in [-0.4, -0.2) is 5.11 Å². The number of rotatable bonds is 4. The van der Waals surface area contributed by atoms with Gasteiger partial charge < -0.3 is 9.84 Å². The highest BCUT2D eigenvalue weighted by Gasteiger charge is 2.11. The Morgan fingerprint density at radius 2 is 1.67 bits per heavy atom. The molecule has 0 amide bonds. The lowest BCUT2D eigenvalue weighted by Gasteiger charge is -2.15. The molecule has 0 saturated heterocycles. The van der Waals surface area contributed by atoms with Crippen LogP contribution in [0.15, 0.2) is 45.3 Å². The molecule has 0 bridgehead atoms. The van der Waals surface area contributed by atoms with E-state index in [0.29, 0.717) is 5.92 Å². The summed E-state index contributed by atoms with van der Waals surface area (Å²) in [5.74, 6) is 1.97. The van der Waals surface area contributed by atoms with E-state index in [4.69, 9.17) is 4.74 Å². The zero-order valence-electron chi connectivity index (χ0n) is 12.2. The summed E-state index contributed by atoms with van der Waals surface area (Å²) < 4.78 is 7.90. The Kier molecular flexibility index (Phi) is 5.47. The molecule has 0 spiro atoms. The van der Waals surface area contributed by atoms with E-state index in [-0.39, 0.29) is 0 Å². The lowest BCUT2D eigenvalue weighted by molar-refractivity contribution is 0.198. The van der Waals surface area contributed by atoms with E-state index in [9.17, 15) is 5.11 Å². The molecule has 2 nitrogen and oxygen atoms in total. The monoisotopic (exact) mass is 412 g/mol. The van der Waals surface area contributed by atoms with E-state index in [1.54, 1.807) is 6.92 Å². The zero-order chi connectivity index (χ0) is 15.6. The molecular formula is C17H18Br2O2. The van der Waals surface area contributed by atoms with Gasteiger partial charge in [0.2, 0.25) is 0 Å². The SMILES string of the molecule is CC(C)c1cc(Br)ccc1Oc1ccc([C@H](C)O)c(Br)c1. The van der Waals surface area contributed by atoms with Crippen molar-refractivity contribution in [1.82, 2.24) is 0 Å². The highest BCUT2D eigenvalue weighted by Crippen LogP contribution is 2.35. The molecule has 0 saturated carbocycles.